The summed E-state index contributed by atoms with van der Waals surface area (Å²) in [5, 5.41) is 15.9. The van der Waals surface area contributed by atoms with Gasteiger partial charge in [0.15, 0.2) is 5.76 Å². The van der Waals surface area contributed by atoms with E-state index in [1.807, 2.05) is 0 Å². The van der Waals surface area contributed by atoms with Crippen LogP contribution >= 0.6 is 0 Å². The van der Waals surface area contributed by atoms with Gasteiger partial charge in [0.1, 0.15) is 10.7 Å². The first-order valence-electron chi connectivity index (χ1n) is 8.07. The monoisotopic (exact) mass is 381 g/mol. The molecule has 0 saturated heterocycles. The van der Waals surface area contributed by atoms with Crippen LogP contribution in [-0.4, -0.2) is 23.8 Å². The molecule has 0 saturated carbocycles. The second kappa shape index (κ2) is 8.04. The number of carbonyl (C=O) groups excluding carboxylic acids is 2. The van der Waals surface area contributed by atoms with Crippen LogP contribution < -0.4 is 15.4 Å². The topological polar surface area (TPSA) is 124 Å². The van der Waals surface area contributed by atoms with Gasteiger partial charge >= 0.3 is 5.88 Å². The van der Waals surface area contributed by atoms with Crippen molar-refractivity contribution in [3.05, 3.63) is 82.1 Å². The predicted octanol–water partition coefficient (Wildman–Crippen LogP) is 3.70. The number of nitro groups is 1. The smallest absolute Gasteiger partial charge is 0.433 e. The van der Waals surface area contributed by atoms with Crippen LogP contribution in [0.3, 0.4) is 0 Å². The van der Waals surface area contributed by atoms with Crippen LogP contribution in [0.4, 0.5) is 17.3 Å². The third-order valence-corrected chi connectivity index (χ3v) is 3.75. The highest BCUT2D eigenvalue weighted by Gasteiger charge is 2.17. The molecule has 2 amide bonds. The number of rotatable bonds is 6. The largest absolute Gasteiger partial charge is 0.497 e. The average molecular weight is 381 g/mol. The summed E-state index contributed by atoms with van der Waals surface area (Å²) in [7, 11) is 1.56. The van der Waals surface area contributed by atoms with Crippen LogP contribution in [0.1, 0.15) is 20.9 Å². The lowest BCUT2D eigenvalue weighted by atomic mass is 10.2. The molecule has 2 N–H and O–H groups in total. The van der Waals surface area contributed by atoms with Gasteiger partial charge in [0, 0.05) is 16.9 Å². The Morgan fingerprint density at radius 2 is 1.46 bits per heavy atom. The Kier molecular flexibility index (Phi) is 5.35. The highest BCUT2D eigenvalue weighted by atomic mass is 16.6. The van der Waals surface area contributed by atoms with Crippen molar-refractivity contribution in [2.24, 2.45) is 0 Å². The number of benzene rings is 2. The summed E-state index contributed by atoms with van der Waals surface area (Å²) in [6.07, 6.45) is 0. The molecule has 3 rings (SSSR count). The number of hydrogen-bond acceptors (Lipinski definition) is 6. The second-order valence-corrected chi connectivity index (χ2v) is 5.61. The highest BCUT2D eigenvalue weighted by Crippen LogP contribution is 2.19. The molecular formula is C19H15N3O6. The first-order valence-corrected chi connectivity index (χ1v) is 8.07. The fourth-order valence-electron chi connectivity index (χ4n) is 2.32. The highest BCUT2D eigenvalue weighted by molar-refractivity contribution is 6.05. The van der Waals surface area contributed by atoms with Crippen LogP contribution in [0.5, 0.6) is 5.75 Å². The Morgan fingerprint density at radius 1 is 0.893 bits per heavy atom. The Labute approximate surface area is 159 Å². The third kappa shape index (κ3) is 4.33. The van der Waals surface area contributed by atoms with E-state index in [1.165, 1.54) is 18.2 Å². The number of carbonyl (C=O) groups is 2. The van der Waals surface area contributed by atoms with Crippen molar-refractivity contribution in [2.45, 2.75) is 0 Å². The number of amides is 2. The van der Waals surface area contributed by atoms with Gasteiger partial charge < -0.3 is 19.8 Å². The molecule has 142 valence electrons. The molecule has 1 aromatic heterocycles. The number of furan rings is 1. The van der Waals surface area contributed by atoms with Gasteiger partial charge in [0.05, 0.1) is 13.2 Å². The third-order valence-electron chi connectivity index (χ3n) is 3.75. The molecule has 28 heavy (non-hydrogen) atoms. The molecule has 0 bridgehead atoms. The fraction of sp³-hybridized carbons (Fsp3) is 0.0526. The van der Waals surface area contributed by atoms with Crippen molar-refractivity contribution in [2.75, 3.05) is 17.7 Å². The van der Waals surface area contributed by atoms with Crippen LogP contribution in [0, 0.1) is 10.1 Å². The van der Waals surface area contributed by atoms with E-state index in [0.717, 1.165) is 6.07 Å². The molecule has 0 fully saturated rings. The zero-order valence-corrected chi connectivity index (χ0v) is 14.7. The minimum Gasteiger partial charge on any atom is -0.497 e. The normalized spacial score (nSPS) is 10.2. The predicted molar refractivity (Wildman–Crippen MR) is 101 cm³/mol. The van der Waals surface area contributed by atoms with Crippen molar-refractivity contribution >= 4 is 29.1 Å². The summed E-state index contributed by atoms with van der Waals surface area (Å²) >= 11 is 0. The quantitative estimate of drug-likeness (QED) is 0.496. The number of hydrogen-bond donors (Lipinski definition) is 2. The molecule has 9 nitrogen and oxygen atoms in total. The number of nitrogens with one attached hydrogen (secondary N) is 2. The summed E-state index contributed by atoms with van der Waals surface area (Å²) in [6.45, 7) is 0. The Bertz CT molecular complexity index is 1010. The van der Waals surface area contributed by atoms with Gasteiger partial charge in [-0.05, 0) is 54.6 Å². The summed E-state index contributed by atoms with van der Waals surface area (Å²) < 4.78 is 9.90. The van der Waals surface area contributed by atoms with Crippen LogP contribution in [0.25, 0.3) is 0 Å². The van der Waals surface area contributed by atoms with E-state index in [1.54, 1.807) is 43.5 Å². The second-order valence-electron chi connectivity index (χ2n) is 5.61. The maximum atomic E-state index is 12.3. The molecule has 0 unspecified atom stereocenters. The minimum atomic E-state index is -0.729. The molecule has 0 aliphatic carbocycles. The van der Waals surface area contributed by atoms with E-state index < -0.39 is 16.7 Å². The zero-order valence-electron chi connectivity index (χ0n) is 14.7. The van der Waals surface area contributed by atoms with E-state index in [4.69, 9.17) is 9.15 Å². The minimum absolute atomic E-state index is 0.187. The maximum Gasteiger partial charge on any atom is 0.433 e. The maximum absolute atomic E-state index is 12.3. The van der Waals surface area contributed by atoms with Crippen molar-refractivity contribution in [1.82, 2.24) is 0 Å². The van der Waals surface area contributed by atoms with E-state index >= 15 is 0 Å². The first-order chi connectivity index (χ1) is 13.5. The number of ether oxygens (including phenoxy) is 1. The summed E-state index contributed by atoms with van der Waals surface area (Å²) in [4.78, 5) is 34.2. The number of anilines is 2. The van der Waals surface area contributed by atoms with Gasteiger partial charge in [0.25, 0.3) is 11.8 Å². The molecule has 9 heteroatoms. The Hall–Kier alpha value is -4.14. The SMILES string of the molecule is COc1ccc(NC(=O)c2ccc(NC(=O)c3ccc([N+](=O)[O-])o3)cc2)cc1. The molecule has 2 aromatic carbocycles. The van der Waals surface area contributed by atoms with Crippen molar-refractivity contribution < 1.29 is 23.7 Å². The standard InChI is InChI=1S/C19H15N3O6/c1-27-15-8-6-14(7-9-15)20-18(23)12-2-4-13(5-3-12)21-19(24)16-10-11-17(28-16)22(25)26/h2-11H,1H3,(H,20,23)(H,21,24). The molecule has 0 aliphatic rings. The van der Waals surface area contributed by atoms with E-state index in [2.05, 4.69) is 10.6 Å². The molecule has 3 aromatic rings. The first kappa shape index (κ1) is 18.6. The molecular weight excluding hydrogens is 366 g/mol. The molecule has 0 atom stereocenters. The van der Waals surface area contributed by atoms with Gasteiger partial charge in [-0.1, -0.05) is 0 Å². The Balaban J connectivity index is 1.62. The fourth-order valence-corrected chi connectivity index (χ4v) is 2.32. The molecule has 0 radical (unpaired) electrons. The van der Waals surface area contributed by atoms with Gasteiger partial charge in [-0.2, -0.15) is 0 Å². The van der Waals surface area contributed by atoms with Crippen LogP contribution in [0.2, 0.25) is 0 Å². The lowest BCUT2D eigenvalue weighted by molar-refractivity contribution is -0.402. The van der Waals surface area contributed by atoms with Gasteiger partial charge in [-0.3, -0.25) is 19.7 Å². The summed E-state index contributed by atoms with van der Waals surface area (Å²) in [6, 6.07) is 15.4. The number of methoxy groups -OCH3 is 1. The molecule has 0 spiro atoms. The van der Waals surface area contributed by atoms with E-state index in [0.29, 0.717) is 22.7 Å². The lowest BCUT2D eigenvalue weighted by Gasteiger charge is -2.07. The summed E-state index contributed by atoms with van der Waals surface area (Å²) in [5.74, 6) is -0.975. The van der Waals surface area contributed by atoms with Gasteiger partial charge in [-0.25, -0.2) is 0 Å². The molecule has 0 aliphatic heterocycles. The lowest BCUT2D eigenvalue weighted by Crippen LogP contribution is -2.13. The summed E-state index contributed by atoms with van der Waals surface area (Å²) in [5.41, 5.74) is 1.41. The average Bonchev–Trinajstić information content (AvgIpc) is 3.20. The van der Waals surface area contributed by atoms with Crippen molar-refractivity contribution in [3.63, 3.8) is 0 Å². The Morgan fingerprint density at radius 3 is 2.00 bits per heavy atom. The van der Waals surface area contributed by atoms with Gasteiger partial charge in [0.2, 0.25) is 0 Å². The van der Waals surface area contributed by atoms with Crippen molar-refractivity contribution in [3.8, 4) is 5.75 Å². The van der Waals surface area contributed by atoms with Crippen LogP contribution in [0.15, 0.2) is 65.1 Å². The zero-order chi connectivity index (χ0) is 20.1. The molecule has 1 heterocycles. The van der Waals surface area contributed by atoms with E-state index in [9.17, 15) is 19.7 Å². The van der Waals surface area contributed by atoms with Gasteiger partial charge in [-0.15, -0.1) is 0 Å². The number of nitrogens with zero attached hydrogens (tertiary/aromatic N) is 1. The van der Waals surface area contributed by atoms with Crippen molar-refractivity contribution in [1.29, 1.82) is 0 Å². The van der Waals surface area contributed by atoms with E-state index in [-0.39, 0.29) is 11.7 Å². The van der Waals surface area contributed by atoms with Crippen LogP contribution in [-0.2, 0) is 0 Å².